The largest absolute Gasteiger partial charge is 1.00 e. The molecule has 0 heterocycles. The maximum absolute atomic E-state index is 10.4. The van der Waals surface area contributed by atoms with Gasteiger partial charge in [0.05, 0.1) is 5.92 Å². The van der Waals surface area contributed by atoms with Crippen molar-refractivity contribution >= 4 is 5.97 Å². The van der Waals surface area contributed by atoms with E-state index in [0.29, 0.717) is 0 Å². The minimum atomic E-state index is -0.602. The molecule has 0 amide bonds. The fourth-order valence-electron chi connectivity index (χ4n) is 1.35. The quantitative estimate of drug-likeness (QED) is 0.483. The molecule has 1 fully saturated rings. The molecule has 0 bridgehead atoms. The van der Waals surface area contributed by atoms with Gasteiger partial charge in [-0.2, -0.15) is 0 Å². The monoisotopic (exact) mass is 168 g/mol. The van der Waals surface area contributed by atoms with Gasteiger partial charge in [0.1, 0.15) is 0 Å². The van der Waals surface area contributed by atoms with Gasteiger partial charge in [-0.3, -0.25) is 4.79 Å². The van der Waals surface area contributed by atoms with Gasteiger partial charge in [-0.05, 0) is 12.8 Å². The SMILES string of the molecule is O=C(O)C1CCCCC1.[Na+].[OH-]. The Bertz CT molecular complexity index is 110. The third-order valence-corrected chi connectivity index (χ3v) is 1.95. The Morgan fingerprint density at radius 2 is 1.64 bits per heavy atom. The molecular formula is C7H13NaO3. The molecule has 1 aliphatic rings. The number of carbonyl (C=O) groups is 1. The number of hydrogen-bond acceptors (Lipinski definition) is 2. The minimum Gasteiger partial charge on any atom is -0.870 e. The van der Waals surface area contributed by atoms with Gasteiger partial charge in [-0.1, -0.05) is 19.3 Å². The van der Waals surface area contributed by atoms with Crippen molar-refractivity contribution < 1.29 is 44.9 Å². The summed E-state index contributed by atoms with van der Waals surface area (Å²) in [4.78, 5) is 10.4. The molecule has 2 N–H and O–H groups in total. The third-order valence-electron chi connectivity index (χ3n) is 1.95. The summed E-state index contributed by atoms with van der Waals surface area (Å²) in [6.07, 6.45) is 5.24. The van der Waals surface area contributed by atoms with Gasteiger partial charge in [0, 0.05) is 0 Å². The van der Waals surface area contributed by atoms with Crippen molar-refractivity contribution in [2.24, 2.45) is 5.92 Å². The zero-order valence-corrected chi connectivity index (χ0v) is 8.92. The number of rotatable bonds is 1. The van der Waals surface area contributed by atoms with Gasteiger partial charge in [-0.15, -0.1) is 0 Å². The standard InChI is InChI=1S/C7H12O2.Na.H2O/c8-7(9)6-4-2-1-3-5-6;;/h6H,1-5H2,(H,8,9);;1H2/q;+1;/p-1. The van der Waals surface area contributed by atoms with Gasteiger partial charge in [0.2, 0.25) is 0 Å². The number of carboxylic acid groups (broad SMARTS) is 1. The summed E-state index contributed by atoms with van der Waals surface area (Å²) in [7, 11) is 0. The van der Waals surface area contributed by atoms with Crippen molar-refractivity contribution in [1.29, 1.82) is 0 Å². The average molecular weight is 168 g/mol. The molecule has 4 heteroatoms. The zero-order valence-electron chi connectivity index (χ0n) is 6.92. The van der Waals surface area contributed by atoms with E-state index in [1.165, 1.54) is 6.42 Å². The number of hydrogen-bond donors (Lipinski definition) is 1. The van der Waals surface area contributed by atoms with Crippen molar-refractivity contribution in [3.05, 3.63) is 0 Å². The molecular weight excluding hydrogens is 155 g/mol. The Hall–Kier alpha value is 0.430. The van der Waals surface area contributed by atoms with E-state index in [9.17, 15) is 4.79 Å². The average Bonchev–Trinajstić information content (AvgIpc) is 1.90. The summed E-state index contributed by atoms with van der Waals surface area (Å²) in [6.45, 7) is 0. The molecule has 11 heavy (non-hydrogen) atoms. The van der Waals surface area contributed by atoms with Crippen LogP contribution in [-0.2, 0) is 4.79 Å². The van der Waals surface area contributed by atoms with Crippen LogP contribution >= 0.6 is 0 Å². The zero-order chi connectivity index (χ0) is 6.69. The number of aliphatic carboxylic acids is 1. The summed E-state index contributed by atoms with van der Waals surface area (Å²) in [5.74, 6) is -0.631. The molecule has 0 atom stereocenters. The molecule has 1 saturated carbocycles. The van der Waals surface area contributed by atoms with E-state index in [-0.39, 0.29) is 41.0 Å². The van der Waals surface area contributed by atoms with Crippen LogP contribution in [0.25, 0.3) is 0 Å². The van der Waals surface area contributed by atoms with Crippen LogP contribution in [0, 0.1) is 5.92 Å². The summed E-state index contributed by atoms with van der Waals surface area (Å²) >= 11 is 0. The van der Waals surface area contributed by atoms with E-state index in [4.69, 9.17) is 5.11 Å². The van der Waals surface area contributed by atoms with Crippen molar-refractivity contribution in [1.82, 2.24) is 0 Å². The molecule has 0 aromatic heterocycles. The predicted molar refractivity (Wildman–Crippen MR) is 36.1 cm³/mol. The van der Waals surface area contributed by atoms with E-state index in [1.807, 2.05) is 0 Å². The Balaban J connectivity index is 0. The van der Waals surface area contributed by atoms with Crippen LogP contribution in [0.15, 0.2) is 0 Å². The van der Waals surface area contributed by atoms with Gasteiger partial charge < -0.3 is 10.6 Å². The van der Waals surface area contributed by atoms with Crippen LogP contribution in [0.2, 0.25) is 0 Å². The van der Waals surface area contributed by atoms with Gasteiger partial charge in [0.15, 0.2) is 0 Å². The molecule has 0 aromatic rings. The first-order valence-electron chi connectivity index (χ1n) is 3.53. The molecule has 0 unspecified atom stereocenters. The van der Waals surface area contributed by atoms with Crippen LogP contribution in [0.5, 0.6) is 0 Å². The van der Waals surface area contributed by atoms with E-state index >= 15 is 0 Å². The van der Waals surface area contributed by atoms with Gasteiger partial charge >= 0.3 is 35.5 Å². The summed E-state index contributed by atoms with van der Waals surface area (Å²) in [5, 5.41) is 8.54. The van der Waals surface area contributed by atoms with Crippen LogP contribution in [0.4, 0.5) is 0 Å². The molecule has 3 nitrogen and oxygen atoms in total. The van der Waals surface area contributed by atoms with Gasteiger partial charge in [0.25, 0.3) is 0 Å². The van der Waals surface area contributed by atoms with Crippen LogP contribution in [-0.4, -0.2) is 16.6 Å². The topological polar surface area (TPSA) is 67.3 Å². The van der Waals surface area contributed by atoms with E-state index in [0.717, 1.165) is 25.7 Å². The second kappa shape index (κ2) is 7.10. The van der Waals surface area contributed by atoms with Crippen molar-refractivity contribution in [3.8, 4) is 0 Å². The van der Waals surface area contributed by atoms with Crippen LogP contribution in [0.1, 0.15) is 32.1 Å². The van der Waals surface area contributed by atoms with E-state index < -0.39 is 5.97 Å². The second-order valence-corrected chi connectivity index (χ2v) is 2.67. The summed E-state index contributed by atoms with van der Waals surface area (Å²) < 4.78 is 0. The summed E-state index contributed by atoms with van der Waals surface area (Å²) in [5.41, 5.74) is 0. The maximum atomic E-state index is 10.4. The minimum absolute atomic E-state index is 0. The Morgan fingerprint density at radius 1 is 1.18 bits per heavy atom. The first kappa shape index (κ1) is 14.0. The normalized spacial score (nSPS) is 17.8. The molecule has 0 aliphatic heterocycles. The van der Waals surface area contributed by atoms with Crippen molar-refractivity contribution in [2.75, 3.05) is 0 Å². The molecule has 0 spiro atoms. The summed E-state index contributed by atoms with van der Waals surface area (Å²) in [6, 6.07) is 0. The molecule has 0 radical (unpaired) electrons. The first-order valence-corrected chi connectivity index (χ1v) is 3.53. The van der Waals surface area contributed by atoms with E-state index in [1.54, 1.807) is 0 Å². The smallest absolute Gasteiger partial charge is 0.870 e. The maximum Gasteiger partial charge on any atom is 1.00 e. The Morgan fingerprint density at radius 3 is 1.91 bits per heavy atom. The molecule has 0 aromatic carbocycles. The fourth-order valence-corrected chi connectivity index (χ4v) is 1.35. The van der Waals surface area contributed by atoms with Gasteiger partial charge in [-0.25, -0.2) is 0 Å². The van der Waals surface area contributed by atoms with Crippen molar-refractivity contribution in [3.63, 3.8) is 0 Å². The van der Waals surface area contributed by atoms with Crippen LogP contribution in [0.3, 0.4) is 0 Å². The molecule has 1 rings (SSSR count). The van der Waals surface area contributed by atoms with E-state index in [2.05, 4.69) is 0 Å². The predicted octanol–water partition coefficient (Wildman–Crippen LogP) is -1.52. The molecule has 0 saturated heterocycles. The molecule has 60 valence electrons. The number of carboxylic acids is 1. The van der Waals surface area contributed by atoms with Crippen molar-refractivity contribution in [2.45, 2.75) is 32.1 Å². The first-order chi connectivity index (χ1) is 4.30. The van der Waals surface area contributed by atoms with Crippen LogP contribution < -0.4 is 29.6 Å². The Kier molecular flexibility index (Phi) is 9.02. The second-order valence-electron chi connectivity index (χ2n) is 2.67. The molecule has 1 aliphatic carbocycles. The Labute approximate surface area is 88.8 Å². The fraction of sp³-hybridized carbons (Fsp3) is 0.857. The third kappa shape index (κ3) is 4.80.